The van der Waals surface area contributed by atoms with Crippen LogP contribution in [0.2, 0.25) is 0 Å². The highest BCUT2D eigenvalue weighted by atomic mass is 35.5. The first kappa shape index (κ1) is 17.4. The molecule has 3 aliphatic rings. The van der Waals surface area contributed by atoms with Gasteiger partial charge in [0.2, 0.25) is 0 Å². The third kappa shape index (κ3) is 2.37. The van der Waals surface area contributed by atoms with Crippen LogP contribution in [0.5, 0.6) is 5.75 Å². The zero-order chi connectivity index (χ0) is 17.1. The summed E-state index contributed by atoms with van der Waals surface area (Å²) in [5.41, 5.74) is 2.19. The van der Waals surface area contributed by atoms with Gasteiger partial charge in [0.1, 0.15) is 5.75 Å². The molecule has 5 nitrogen and oxygen atoms in total. The molecule has 0 unspecified atom stereocenters. The lowest BCUT2D eigenvalue weighted by Gasteiger charge is -2.45. The van der Waals surface area contributed by atoms with Crippen LogP contribution in [0.1, 0.15) is 18.9 Å². The van der Waals surface area contributed by atoms with E-state index in [-0.39, 0.29) is 18.0 Å². The first-order chi connectivity index (χ1) is 12.2. The molecular formula is C20H24ClN3O2. The molecule has 6 heteroatoms. The molecule has 0 amide bonds. The standard InChI is InChI=1S/C20H23N3O2.ClH/c1-21-16-4-3-14(25-2)11-15(16)19-17(21)7-10-23(20(19)24)18-12-22-8-5-13(18)6-9-22;/h3-4,7,10-11,13,18H,5-6,8-9,12H2,1-2H3;1H/t18-;/m1./s1. The van der Waals surface area contributed by atoms with Crippen molar-refractivity contribution in [2.24, 2.45) is 13.0 Å². The Morgan fingerprint density at radius 1 is 1.12 bits per heavy atom. The van der Waals surface area contributed by atoms with E-state index in [2.05, 4.69) is 15.5 Å². The SMILES string of the molecule is COc1ccc2c(c1)c1c(=O)n([C@@H]3CN4CCC3CC4)ccc1n2C.Cl. The van der Waals surface area contributed by atoms with E-state index in [1.807, 2.05) is 36.0 Å². The lowest BCUT2D eigenvalue weighted by Crippen LogP contribution is -2.49. The van der Waals surface area contributed by atoms with Crippen LogP contribution in [0.3, 0.4) is 0 Å². The molecule has 3 aliphatic heterocycles. The van der Waals surface area contributed by atoms with Crippen LogP contribution in [0.15, 0.2) is 35.3 Å². The first-order valence-electron chi connectivity index (χ1n) is 9.07. The van der Waals surface area contributed by atoms with E-state index in [1.165, 1.54) is 25.9 Å². The molecule has 2 bridgehead atoms. The molecule has 0 N–H and O–H groups in total. The summed E-state index contributed by atoms with van der Waals surface area (Å²) in [6.07, 6.45) is 4.42. The number of fused-ring (bicyclic) bond motifs is 6. The number of aryl methyl sites for hydroxylation is 1. The summed E-state index contributed by atoms with van der Waals surface area (Å²) in [4.78, 5) is 15.9. The fourth-order valence-electron chi connectivity index (χ4n) is 4.85. The largest absolute Gasteiger partial charge is 0.497 e. The summed E-state index contributed by atoms with van der Waals surface area (Å²) in [7, 11) is 3.69. The Morgan fingerprint density at radius 2 is 1.88 bits per heavy atom. The maximum Gasteiger partial charge on any atom is 0.260 e. The molecule has 26 heavy (non-hydrogen) atoms. The minimum atomic E-state index is 0. The molecule has 0 spiro atoms. The predicted molar refractivity (Wildman–Crippen MR) is 107 cm³/mol. The number of pyridine rings is 1. The fraction of sp³-hybridized carbons (Fsp3) is 0.450. The van der Waals surface area contributed by atoms with E-state index in [9.17, 15) is 4.79 Å². The van der Waals surface area contributed by atoms with E-state index in [4.69, 9.17) is 4.74 Å². The molecule has 1 atom stereocenters. The van der Waals surface area contributed by atoms with E-state index in [0.717, 1.165) is 34.1 Å². The second-order valence-corrected chi connectivity index (χ2v) is 7.44. The third-order valence-electron chi connectivity index (χ3n) is 6.27. The van der Waals surface area contributed by atoms with Gasteiger partial charge in [0, 0.05) is 30.7 Å². The number of piperidine rings is 3. The Labute approximate surface area is 158 Å². The molecule has 2 aromatic heterocycles. The zero-order valence-corrected chi connectivity index (χ0v) is 16.0. The number of benzene rings is 1. The fourth-order valence-corrected chi connectivity index (χ4v) is 4.85. The molecule has 5 heterocycles. The van der Waals surface area contributed by atoms with Gasteiger partial charge in [-0.25, -0.2) is 0 Å². The molecule has 0 aliphatic carbocycles. The quantitative estimate of drug-likeness (QED) is 0.692. The number of nitrogens with zero attached hydrogens (tertiary/aromatic N) is 3. The molecule has 1 aromatic carbocycles. The second kappa shape index (κ2) is 6.32. The smallest absolute Gasteiger partial charge is 0.260 e. The highest BCUT2D eigenvalue weighted by Crippen LogP contribution is 2.36. The molecular weight excluding hydrogens is 350 g/mol. The van der Waals surface area contributed by atoms with Gasteiger partial charge in [-0.05, 0) is 56.1 Å². The van der Waals surface area contributed by atoms with Crippen molar-refractivity contribution >= 4 is 34.2 Å². The minimum absolute atomic E-state index is 0. The van der Waals surface area contributed by atoms with Gasteiger partial charge >= 0.3 is 0 Å². The number of halogens is 1. The molecule has 3 fully saturated rings. The maximum absolute atomic E-state index is 13.4. The topological polar surface area (TPSA) is 39.4 Å². The van der Waals surface area contributed by atoms with Crippen molar-refractivity contribution < 1.29 is 4.74 Å². The summed E-state index contributed by atoms with van der Waals surface area (Å²) in [6.45, 7) is 3.37. The highest BCUT2D eigenvalue weighted by Gasteiger charge is 2.35. The van der Waals surface area contributed by atoms with E-state index in [1.54, 1.807) is 7.11 Å². The monoisotopic (exact) mass is 373 g/mol. The van der Waals surface area contributed by atoms with Gasteiger partial charge in [0.25, 0.3) is 5.56 Å². The Morgan fingerprint density at radius 3 is 2.54 bits per heavy atom. The summed E-state index contributed by atoms with van der Waals surface area (Å²) in [5, 5.41) is 1.80. The average molecular weight is 374 g/mol. The van der Waals surface area contributed by atoms with Gasteiger partial charge in [-0.15, -0.1) is 12.4 Å². The Balaban J connectivity index is 0.00000168. The Kier molecular flexibility index (Phi) is 4.24. The van der Waals surface area contributed by atoms with Crippen LogP contribution >= 0.6 is 12.4 Å². The minimum Gasteiger partial charge on any atom is -0.497 e. The van der Waals surface area contributed by atoms with Gasteiger partial charge in [-0.3, -0.25) is 4.79 Å². The lowest BCUT2D eigenvalue weighted by atomic mass is 9.84. The van der Waals surface area contributed by atoms with Crippen molar-refractivity contribution in [3.63, 3.8) is 0 Å². The van der Waals surface area contributed by atoms with Crippen LogP contribution in [0, 0.1) is 5.92 Å². The summed E-state index contributed by atoms with van der Waals surface area (Å²) < 4.78 is 9.48. The van der Waals surface area contributed by atoms with Crippen LogP contribution in [0.4, 0.5) is 0 Å². The van der Waals surface area contributed by atoms with Gasteiger partial charge in [-0.1, -0.05) is 0 Å². The molecule has 0 radical (unpaired) electrons. The number of rotatable bonds is 2. The van der Waals surface area contributed by atoms with Crippen molar-refractivity contribution in [2.45, 2.75) is 18.9 Å². The zero-order valence-electron chi connectivity index (χ0n) is 15.1. The van der Waals surface area contributed by atoms with Gasteiger partial charge in [-0.2, -0.15) is 0 Å². The van der Waals surface area contributed by atoms with E-state index < -0.39 is 0 Å². The second-order valence-electron chi connectivity index (χ2n) is 7.44. The van der Waals surface area contributed by atoms with Crippen LogP contribution in [0.25, 0.3) is 21.8 Å². The predicted octanol–water partition coefficient (Wildman–Crippen LogP) is 3.19. The van der Waals surface area contributed by atoms with Crippen molar-refractivity contribution in [1.82, 2.24) is 14.0 Å². The molecule has 6 rings (SSSR count). The van der Waals surface area contributed by atoms with Crippen molar-refractivity contribution in [3.8, 4) is 5.75 Å². The lowest BCUT2D eigenvalue weighted by molar-refractivity contribution is 0.0556. The average Bonchev–Trinajstić information content (AvgIpc) is 2.95. The summed E-state index contributed by atoms with van der Waals surface area (Å²) >= 11 is 0. The van der Waals surface area contributed by atoms with Crippen LogP contribution < -0.4 is 10.3 Å². The Bertz CT molecular complexity index is 1030. The van der Waals surface area contributed by atoms with Gasteiger partial charge < -0.3 is 18.8 Å². The van der Waals surface area contributed by atoms with Crippen molar-refractivity contribution in [1.29, 1.82) is 0 Å². The number of aromatic nitrogens is 2. The molecule has 3 aromatic rings. The number of ether oxygens (including phenoxy) is 1. The summed E-state index contributed by atoms with van der Waals surface area (Å²) in [6, 6.07) is 8.38. The first-order valence-corrected chi connectivity index (χ1v) is 9.07. The van der Waals surface area contributed by atoms with Gasteiger partial charge in [0.05, 0.1) is 24.1 Å². The van der Waals surface area contributed by atoms with Gasteiger partial charge in [0.15, 0.2) is 0 Å². The molecule has 3 saturated heterocycles. The van der Waals surface area contributed by atoms with Crippen LogP contribution in [-0.4, -0.2) is 40.8 Å². The highest BCUT2D eigenvalue weighted by molar-refractivity contribution is 6.08. The normalized spacial score (nSPS) is 24.8. The van der Waals surface area contributed by atoms with E-state index in [0.29, 0.717) is 12.0 Å². The maximum atomic E-state index is 13.4. The van der Waals surface area contributed by atoms with Crippen molar-refractivity contribution in [2.75, 3.05) is 26.7 Å². The summed E-state index contributed by atoms with van der Waals surface area (Å²) in [5.74, 6) is 1.42. The Hall–Kier alpha value is -1.98. The third-order valence-corrected chi connectivity index (χ3v) is 6.27. The number of hydrogen-bond acceptors (Lipinski definition) is 3. The van der Waals surface area contributed by atoms with Crippen LogP contribution in [-0.2, 0) is 7.05 Å². The number of methoxy groups -OCH3 is 1. The molecule has 138 valence electrons. The number of hydrogen-bond donors (Lipinski definition) is 0. The van der Waals surface area contributed by atoms with E-state index >= 15 is 0 Å². The van der Waals surface area contributed by atoms with Crippen molar-refractivity contribution in [3.05, 3.63) is 40.8 Å². The molecule has 0 saturated carbocycles.